The number of hydrogen-bond acceptors (Lipinski definition) is 7. The van der Waals surface area contributed by atoms with Crippen molar-refractivity contribution in [3.8, 4) is 5.75 Å². The Morgan fingerprint density at radius 1 is 1.29 bits per heavy atom. The normalized spacial score (nSPS) is 25.4. The van der Waals surface area contributed by atoms with Crippen molar-refractivity contribution in [3.05, 3.63) is 23.8 Å². The largest absolute Gasteiger partial charge is 0.505 e. The van der Waals surface area contributed by atoms with E-state index in [1.54, 1.807) is 25.1 Å². The molecule has 184 valence electrons. The highest BCUT2D eigenvalue weighted by Crippen LogP contribution is 2.42. The monoisotopic (exact) mass is 481 g/mol. The molecule has 3 aliphatic rings. The Hall–Kier alpha value is -3.15. The number of hydrogen-bond donors (Lipinski definition) is 3. The number of carboxylic acid groups (broad SMARTS) is 1. The van der Waals surface area contributed by atoms with Crippen LogP contribution in [0.25, 0.3) is 0 Å². The average Bonchev–Trinajstić information content (AvgIpc) is 3.02. The molecule has 1 aromatic carbocycles. The Kier molecular flexibility index (Phi) is 6.52. The number of aromatic hydroxyl groups is 1. The van der Waals surface area contributed by atoms with E-state index in [9.17, 15) is 33.0 Å². The minimum Gasteiger partial charge on any atom is -0.505 e. The first-order chi connectivity index (χ1) is 16.0. The van der Waals surface area contributed by atoms with Crippen molar-refractivity contribution in [1.29, 1.82) is 0 Å². The van der Waals surface area contributed by atoms with Crippen molar-refractivity contribution in [3.63, 3.8) is 0 Å². The summed E-state index contributed by atoms with van der Waals surface area (Å²) in [5, 5.41) is 29.5. The third-order valence-corrected chi connectivity index (χ3v) is 6.52. The van der Waals surface area contributed by atoms with Crippen LogP contribution >= 0.6 is 0 Å². The molecule has 1 saturated heterocycles. The number of alkyl halides is 3. The predicted octanol–water partition coefficient (Wildman–Crippen LogP) is 2.98. The highest BCUT2D eigenvalue weighted by molar-refractivity contribution is 6.68. The van der Waals surface area contributed by atoms with E-state index in [-0.39, 0.29) is 36.2 Å². The predicted molar refractivity (Wildman–Crippen MR) is 118 cm³/mol. The second-order valence-corrected chi connectivity index (χ2v) is 9.01. The van der Waals surface area contributed by atoms with Gasteiger partial charge in [0.1, 0.15) is 5.75 Å². The smallest absolute Gasteiger partial charge is 0.401 e. The number of phenols is 1. The second-order valence-electron chi connectivity index (χ2n) is 9.01. The van der Waals surface area contributed by atoms with E-state index in [0.29, 0.717) is 24.1 Å². The van der Waals surface area contributed by atoms with Crippen LogP contribution in [0.15, 0.2) is 28.4 Å². The number of nitrogens with one attached hydrogen (secondary N) is 1. The molecule has 12 heteroatoms. The summed E-state index contributed by atoms with van der Waals surface area (Å²) in [6.45, 7) is 0.698. The van der Waals surface area contributed by atoms with Crippen molar-refractivity contribution in [2.24, 2.45) is 16.1 Å². The van der Waals surface area contributed by atoms with Gasteiger partial charge in [-0.05, 0) is 43.7 Å². The van der Waals surface area contributed by atoms with E-state index in [2.05, 4.69) is 15.6 Å². The van der Waals surface area contributed by atoms with E-state index in [4.69, 9.17) is 0 Å². The number of aliphatic carboxylic acids is 1. The number of halogens is 3. The minimum atomic E-state index is -4.29. The third kappa shape index (κ3) is 5.01. The molecule has 0 aromatic heterocycles. The van der Waals surface area contributed by atoms with Crippen LogP contribution in [-0.4, -0.2) is 75.3 Å². The zero-order valence-corrected chi connectivity index (χ0v) is 18.5. The number of rotatable bonds is 6. The third-order valence-electron chi connectivity index (χ3n) is 6.52. The molecule has 1 saturated carbocycles. The van der Waals surface area contributed by atoms with Crippen molar-refractivity contribution in [2.75, 3.05) is 25.1 Å². The van der Waals surface area contributed by atoms with Gasteiger partial charge in [-0.15, -0.1) is 0 Å². The number of amides is 1. The van der Waals surface area contributed by atoms with Gasteiger partial charge < -0.3 is 10.2 Å². The molecule has 0 bridgehead atoms. The molecule has 1 aliphatic carbocycles. The second kappa shape index (κ2) is 9.24. The molecule has 1 aromatic rings. The molecule has 2 unspecified atom stereocenters. The Bertz CT molecular complexity index is 1040. The number of para-hydroxylation sites is 1. The van der Waals surface area contributed by atoms with Crippen LogP contribution in [0.3, 0.4) is 0 Å². The van der Waals surface area contributed by atoms with Gasteiger partial charge >= 0.3 is 12.1 Å². The highest BCUT2D eigenvalue weighted by atomic mass is 19.4. The first kappa shape index (κ1) is 24.0. The van der Waals surface area contributed by atoms with Crippen LogP contribution in [0.1, 0.15) is 44.1 Å². The van der Waals surface area contributed by atoms with Gasteiger partial charge in [0.2, 0.25) is 0 Å². The van der Waals surface area contributed by atoms with Crippen LogP contribution in [0.4, 0.5) is 18.9 Å². The summed E-state index contributed by atoms with van der Waals surface area (Å²) < 4.78 is 37.5. The molecule has 9 nitrogen and oxygen atoms in total. The standard InChI is InChI=1S/C22H26F3N5O4/c1-12-18(20(32)30(28-12)15-9-29(10-15)11-22(23,24)25)27-26-17-7-3-6-16(19(17)31)13-4-2-5-14(8-13)21(33)34/h3,6-7,13-15,26,31H,2,4-5,8-11H2,1H3,(H,33,34). The number of likely N-dealkylation sites (tertiary alicyclic amines) is 1. The van der Waals surface area contributed by atoms with E-state index in [1.165, 1.54) is 4.90 Å². The van der Waals surface area contributed by atoms with E-state index < -0.39 is 36.6 Å². The SMILES string of the molecule is CC1=NN(C2CN(CC(F)(F)F)C2)C(=O)C1=NNc1cccc(C2CCCC(C(=O)O)C2)c1O. The number of hydrazone groups is 2. The van der Waals surface area contributed by atoms with Crippen molar-refractivity contribution in [2.45, 2.75) is 50.7 Å². The summed E-state index contributed by atoms with van der Waals surface area (Å²) >= 11 is 0. The number of carbonyl (C=O) groups is 2. The van der Waals surface area contributed by atoms with Gasteiger partial charge in [-0.2, -0.15) is 23.4 Å². The molecular weight excluding hydrogens is 455 g/mol. The van der Waals surface area contributed by atoms with Crippen LogP contribution in [-0.2, 0) is 9.59 Å². The quantitative estimate of drug-likeness (QED) is 0.425. The Labute approximate surface area is 193 Å². The van der Waals surface area contributed by atoms with Crippen LogP contribution in [0, 0.1) is 5.92 Å². The summed E-state index contributed by atoms with van der Waals surface area (Å²) in [5.41, 5.74) is 3.92. The lowest BCUT2D eigenvalue weighted by Crippen LogP contribution is -2.60. The maximum absolute atomic E-state index is 12.7. The van der Waals surface area contributed by atoms with Gasteiger partial charge in [0.05, 0.1) is 29.9 Å². The number of nitrogens with zero attached hydrogens (tertiary/aromatic N) is 4. The fourth-order valence-corrected chi connectivity index (χ4v) is 4.77. The maximum atomic E-state index is 12.7. The summed E-state index contributed by atoms with van der Waals surface area (Å²) in [7, 11) is 0. The number of phenolic OH excluding ortho intramolecular Hbond substituents is 1. The molecule has 0 spiro atoms. The zero-order valence-electron chi connectivity index (χ0n) is 18.5. The van der Waals surface area contributed by atoms with Gasteiger partial charge in [-0.25, -0.2) is 5.01 Å². The van der Waals surface area contributed by atoms with Crippen LogP contribution in [0.5, 0.6) is 5.75 Å². The zero-order chi connectivity index (χ0) is 24.6. The van der Waals surface area contributed by atoms with E-state index in [1.807, 2.05) is 0 Å². The van der Waals surface area contributed by atoms with Crippen molar-refractivity contribution in [1.82, 2.24) is 9.91 Å². The maximum Gasteiger partial charge on any atom is 0.401 e. The van der Waals surface area contributed by atoms with Gasteiger partial charge in [-0.1, -0.05) is 18.6 Å². The Morgan fingerprint density at radius 2 is 2.03 bits per heavy atom. The van der Waals surface area contributed by atoms with Crippen molar-refractivity contribution < 1.29 is 33.0 Å². The van der Waals surface area contributed by atoms with Gasteiger partial charge in [0.25, 0.3) is 5.91 Å². The van der Waals surface area contributed by atoms with Gasteiger partial charge in [0, 0.05) is 13.1 Å². The lowest BCUT2D eigenvalue weighted by atomic mass is 9.77. The van der Waals surface area contributed by atoms with Gasteiger partial charge in [-0.3, -0.25) is 19.9 Å². The molecule has 3 N–H and O–H groups in total. The molecule has 0 radical (unpaired) electrons. The summed E-state index contributed by atoms with van der Waals surface area (Å²) in [6.07, 6.45) is -1.72. The van der Waals surface area contributed by atoms with E-state index in [0.717, 1.165) is 17.9 Å². The first-order valence-electron chi connectivity index (χ1n) is 11.1. The highest BCUT2D eigenvalue weighted by Gasteiger charge is 2.44. The molecule has 2 heterocycles. The summed E-state index contributed by atoms with van der Waals surface area (Å²) in [5.74, 6) is -1.96. The number of benzene rings is 1. The van der Waals surface area contributed by atoms with Gasteiger partial charge in [0.15, 0.2) is 5.71 Å². The van der Waals surface area contributed by atoms with Crippen LogP contribution < -0.4 is 5.43 Å². The van der Waals surface area contributed by atoms with Crippen molar-refractivity contribution >= 4 is 29.0 Å². The molecule has 1 amide bonds. The molecule has 4 rings (SSSR count). The number of carboxylic acids is 1. The first-order valence-corrected chi connectivity index (χ1v) is 11.1. The topological polar surface area (TPSA) is 118 Å². The number of anilines is 1. The fraction of sp³-hybridized carbons (Fsp3) is 0.545. The van der Waals surface area contributed by atoms with E-state index >= 15 is 0 Å². The lowest BCUT2D eigenvalue weighted by molar-refractivity contribution is -0.162. The molecular formula is C22H26F3N5O4. The average molecular weight is 481 g/mol. The van der Waals surface area contributed by atoms with Crippen LogP contribution in [0.2, 0.25) is 0 Å². The molecule has 2 aliphatic heterocycles. The molecule has 2 fully saturated rings. The summed E-state index contributed by atoms with van der Waals surface area (Å²) in [4.78, 5) is 25.3. The fourth-order valence-electron chi connectivity index (χ4n) is 4.77. The Balaban J connectivity index is 1.42. The molecule has 34 heavy (non-hydrogen) atoms. The number of carbonyl (C=O) groups excluding carboxylic acids is 1. The lowest BCUT2D eigenvalue weighted by Gasteiger charge is -2.42. The molecule has 2 atom stereocenters. The Morgan fingerprint density at radius 3 is 2.71 bits per heavy atom. The minimum absolute atomic E-state index is 0.0164. The summed E-state index contributed by atoms with van der Waals surface area (Å²) in [6, 6.07) is 4.60.